The van der Waals surface area contributed by atoms with E-state index in [4.69, 9.17) is 4.74 Å². The third-order valence-electron chi connectivity index (χ3n) is 6.28. The number of pyridine rings is 1. The number of allylic oxidation sites excluding steroid dienone is 3. The van der Waals surface area contributed by atoms with Crippen LogP contribution >= 0.6 is 0 Å². The average Bonchev–Trinajstić information content (AvgIpc) is 3.33. The van der Waals surface area contributed by atoms with Crippen LogP contribution in [0.25, 0.3) is 0 Å². The molecule has 3 N–H and O–H groups in total. The molecule has 2 rings (SSSR count). The van der Waals surface area contributed by atoms with Gasteiger partial charge in [-0.25, -0.2) is 4.98 Å². The molecule has 1 aliphatic heterocycles. The molecule has 11 heteroatoms. The van der Waals surface area contributed by atoms with E-state index in [1.54, 1.807) is 6.08 Å². The molecule has 1 aromatic rings. The molecule has 2 atom stereocenters. The lowest BCUT2D eigenvalue weighted by molar-refractivity contribution is -0.109. The summed E-state index contributed by atoms with van der Waals surface area (Å²) in [5.74, 6) is 0.969. The van der Waals surface area contributed by atoms with Gasteiger partial charge in [-0.2, -0.15) is 5.26 Å². The number of rotatable bonds is 18. The zero-order valence-electron chi connectivity index (χ0n) is 22.1. The topological polar surface area (TPSA) is 149 Å². The summed E-state index contributed by atoms with van der Waals surface area (Å²) in [6.07, 6.45) is 6.94. The number of nitriles is 1. The van der Waals surface area contributed by atoms with Gasteiger partial charge in [0.05, 0.1) is 30.5 Å². The van der Waals surface area contributed by atoms with Crippen molar-refractivity contribution in [2.24, 2.45) is 10.9 Å². The fourth-order valence-electron chi connectivity index (χ4n) is 3.93. The summed E-state index contributed by atoms with van der Waals surface area (Å²) >= 11 is 0. The smallest absolute Gasteiger partial charge is 0.207 e. The lowest BCUT2D eigenvalue weighted by atomic mass is 10.0. The van der Waals surface area contributed by atoms with Crippen LogP contribution in [0.1, 0.15) is 31.7 Å². The van der Waals surface area contributed by atoms with E-state index in [2.05, 4.69) is 45.6 Å². The molecule has 1 amide bonds. The maximum absolute atomic E-state index is 11.8. The van der Waals surface area contributed by atoms with Gasteiger partial charge in [-0.1, -0.05) is 13.0 Å². The number of anilines is 2. The van der Waals surface area contributed by atoms with Gasteiger partial charge < -0.3 is 25.6 Å². The van der Waals surface area contributed by atoms with E-state index < -0.39 is 0 Å². The maximum Gasteiger partial charge on any atom is 0.207 e. The van der Waals surface area contributed by atoms with Crippen molar-refractivity contribution in [3.8, 4) is 6.07 Å². The van der Waals surface area contributed by atoms with Gasteiger partial charge >= 0.3 is 0 Å². The summed E-state index contributed by atoms with van der Waals surface area (Å²) in [4.78, 5) is 43.8. The Balaban J connectivity index is 1.97. The Morgan fingerprint density at radius 3 is 2.71 bits per heavy atom. The molecule has 204 valence electrons. The van der Waals surface area contributed by atoms with Crippen LogP contribution in [0.3, 0.4) is 0 Å². The minimum absolute atomic E-state index is 0.133. The molecule has 0 aliphatic carbocycles. The molecule has 1 saturated heterocycles. The van der Waals surface area contributed by atoms with Crippen molar-refractivity contribution in [1.29, 1.82) is 5.26 Å². The average molecular weight is 524 g/mol. The molecular formula is C27H37N7O4. The summed E-state index contributed by atoms with van der Waals surface area (Å²) in [7, 11) is 1.91. The Bertz CT molecular complexity index is 1050. The van der Waals surface area contributed by atoms with Crippen molar-refractivity contribution in [1.82, 2.24) is 15.2 Å². The minimum Gasteiger partial charge on any atom is -0.379 e. The Hall–Kier alpha value is -3.88. The lowest BCUT2D eigenvalue weighted by Gasteiger charge is -2.18. The number of carbonyl (C=O) groups excluding carboxylic acids is 3. The second kappa shape index (κ2) is 16.8. The number of aliphatic imine (C=N–C) groups is 1. The standard InChI is InChI=1S/C27H37N7O4/c1-20-17-38-18-26(20)33-24-12-27(32-14-23(24)13-28)31-7-4-5-21(15-35)11-22(25(16-36)29-2)6-9-34(3)10-8-30-19-37/h11-12,14-16,19-20,26H,2,4-10,17-18H2,1,3H3,(H,30,37)(H2,31,32,33)/b21-11-,25-22-. The number of ether oxygens (including phenoxy) is 1. The van der Waals surface area contributed by atoms with Crippen LogP contribution in [-0.2, 0) is 19.1 Å². The van der Waals surface area contributed by atoms with Gasteiger partial charge in [-0.3, -0.25) is 19.4 Å². The van der Waals surface area contributed by atoms with Crippen LogP contribution in [-0.4, -0.2) is 88.1 Å². The molecule has 0 aromatic carbocycles. The Labute approximate surface area is 224 Å². The third-order valence-corrected chi connectivity index (χ3v) is 6.28. The van der Waals surface area contributed by atoms with Gasteiger partial charge in [0.2, 0.25) is 6.41 Å². The van der Waals surface area contributed by atoms with Gasteiger partial charge in [0.15, 0.2) is 6.29 Å². The number of hydrogen-bond acceptors (Lipinski definition) is 10. The van der Waals surface area contributed by atoms with Crippen molar-refractivity contribution < 1.29 is 19.1 Å². The van der Waals surface area contributed by atoms with Crippen molar-refractivity contribution >= 4 is 37.2 Å². The largest absolute Gasteiger partial charge is 0.379 e. The molecule has 1 fully saturated rings. The number of likely N-dealkylation sites (N-methyl/N-ethyl adjacent to an activating group) is 1. The Kier molecular flexibility index (Phi) is 13.4. The van der Waals surface area contributed by atoms with Crippen LogP contribution in [0.15, 0.2) is 40.2 Å². The van der Waals surface area contributed by atoms with Crippen LogP contribution in [0.2, 0.25) is 0 Å². The zero-order chi connectivity index (χ0) is 27.8. The first kappa shape index (κ1) is 30.3. The molecule has 2 heterocycles. The van der Waals surface area contributed by atoms with Crippen LogP contribution in [0.5, 0.6) is 0 Å². The quantitative estimate of drug-likeness (QED) is 0.0863. The third kappa shape index (κ3) is 9.88. The number of carbonyl (C=O) groups is 3. The summed E-state index contributed by atoms with van der Waals surface area (Å²) in [5, 5.41) is 18.7. The molecule has 0 bridgehead atoms. The van der Waals surface area contributed by atoms with Crippen molar-refractivity contribution in [3.63, 3.8) is 0 Å². The molecule has 1 aromatic heterocycles. The van der Waals surface area contributed by atoms with Crippen molar-refractivity contribution in [2.45, 2.75) is 32.2 Å². The van der Waals surface area contributed by atoms with Gasteiger partial charge in [-0.15, -0.1) is 0 Å². The van der Waals surface area contributed by atoms with Gasteiger partial charge in [-0.05, 0) is 44.2 Å². The predicted molar refractivity (Wildman–Crippen MR) is 147 cm³/mol. The fraction of sp³-hybridized carbons (Fsp3) is 0.481. The number of nitrogens with one attached hydrogen (secondary N) is 3. The van der Waals surface area contributed by atoms with E-state index in [0.717, 1.165) is 6.29 Å². The Morgan fingerprint density at radius 1 is 1.26 bits per heavy atom. The van der Waals surface area contributed by atoms with E-state index >= 15 is 0 Å². The molecule has 0 radical (unpaired) electrons. The molecule has 11 nitrogen and oxygen atoms in total. The first-order valence-corrected chi connectivity index (χ1v) is 12.6. The van der Waals surface area contributed by atoms with E-state index in [9.17, 15) is 19.6 Å². The second-order valence-corrected chi connectivity index (χ2v) is 9.17. The first-order valence-electron chi connectivity index (χ1n) is 12.6. The SMILES string of the molecule is C=N/C(C=O)=C(\C=C(/C=O)CCCNc1cc(NC2COCC2C)c(C#N)cn1)CCN(C)CCNC=O. The van der Waals surface area contributed by atoms with Crippen LogP contribution < -0.4 is 16.0 Å². The van der Waals surface area contributed by atoms with Gasteiger partial charge in [0, 0.05) is 44.4 Å². The predicted octanol–water partition coefficient (Wildman–Crippen LogP) is 1.94. The second-order valence-electron chi connectivity index (χ2n) is 9.17. The van der Waals surface area contributed by atoms with Crippen molar-refractivity contribution in [2.75, 3.05) is 57.1 Å². The molecule has 2 unspecified atom stereocenters. The summed E-state index contributed by atoms with van der Waals surface area (Å²) in [5.41, 5.74) is 2.55. The minimum atomic E-state index is 0.133. The van der Waals surface area contributed by atoms with Crippen LogP contribution in [0, 0.1) is 17.2 Å². The van der Waals surface area contributed by atoms with E-state index in [-0.39, 0.29) is 11.7 Å². The molecule has 0 saturated carbocycles. The highest BCUT2D eigenvalue weighted by molar-refractivity contribution is 5.79. The van der Waals surface area contributed by atoms with E-state index in [1.165, 1.54) is 6.20 Å². The van der Waals surface area contributed by atoms with E-state index in [0.29, 0.717) is 105 Å². The fourth-order valence-corrected chi connectivity index (χ4v) is 3.93. The first-order chi connectivity index (χ1) is 18.4. The number of amides is 1. The maximum atomic E-state index is 11.8. The summed E-state index contributed by atoms with van der Waals surface area (Å²) < 4.78 is 5.50. The van der Waals surface area contributed by atoms with Gasteiger partial charge in [0.25, 0.3) is 0 Å². The number of hydrogen-bond donors (Lipinski definition) is 3. The van der Waals surface area contributed by atoms with Gasteiger partial charge in [0.1, 0.15) is 23.9 Å². The monoisotopic (exact) mass is 523 g/mol. The zero-order valence-corrected chi connectivity index (χ0v) is 22.1. The summed E-state index contributed by atoms with van der Waals surface area (Å²) in [6.45, 7) is 9.18. The lowest BCUT2D eigenvalue weighted by Crippen LogP contribution is -2.29. The highest BCUT2D eigenvalue weighted by Gasteiger charge is 2.24. The highest BCUT2D eigenvalue weighted by Crippen LogP contribution is 2.23. The highest BCUT2D eigenvalue weighted by atomic mass is 16.5. The molecule has 0 spiro atoms. The summed E-state index contributed by atoms with van der Waals surface area (Å²) in [6, 6.07) is 4.11. The number of aromatic nitrogens is 1. The Morgan fingerprint density at radius 2 is 2.08 bits per heavy atom. The normalized spacial score (nSPS) is 17.8. The molecule has 1 aliphatic rings. The number of aldehydes is 2. The molecule has 38 heavy (non-hydrogen) atoms. The van der Waals surface area contributed by atoms with Crippen LogP contribution in [0.4, 0.5) is 11.5 Å². The van der Waals surface area contributed by atoms with Crippen molar-refractivity contribution in [3.05, 3.63) is 40.7 Å². The molecular weight excluding hydrogens is 486 g/mol. The van der Waals surface area contributed by atoms with E-state index in [1.807, 2.05) is 18.0 Å². The number of nitrogens with zero attached hydrogens (tertiary/aromatic N) is 4.